The van der Waals surface area contributed by atoms with E-state index in [9.17, 15) is 14.4 Å². The highest BCUT2D eigenvalue weighted by molar-refractivity contribution is 5.97. The van der Waals surface area contributed by atoms with Crippen molar-refractivity contribution in [2.24, 2.45) is 5.92 Å². The van der Waals surface area contributed by atoms with E-state index in [1.165, 1.54) is 32.1 Å². The van der Waals surface area contributed by atoms with Crippen LogP contribution < -0.4 is 11.1 Å². The molecule has 1 aromatic carbocycles. The Labute approximate surface area is 145 Å². The summed E-state index contributed by atoms with van der Waals surface area (Å²) in [6, 6.07) is 5.43. The number of carbonyl (C=O) groups is 1. The van der Waals surface area contributed by atoms with Gasteiger partial charge in [-0.2, -0.15) is 0 Å². The van der Waals surface area contributed by atoms with Crippen LogP contribution in [0.5, 0.6) is 0 Å². The lowest BCUT2D eigenvalue weighted by atomic mass is 9.83. The molecule has 2 fully saturated rings. The Morgan fingerprint density at radius 2 is 1.64 bits per heavy atom. The van der Waals surface area contributed by atoms with Crippen molar-refractivity contribution in [1.29, 1.82) is 0 Å². The van der Waals surface area contributed by atoms with Crippen molar-refractivity contribution in [1.82, 2.24) is 14.9 Å². The third-order valence-corrected chi connectivity index (χ3v) is 5.72. The fourth-order valence-electron chi connectivity index (χ4n) is 4.47. The fraction of sp³-hybridized carbons (Fsp3) is 0.526. The standard InChI is InChI=1S/C19H23N3O3/c23-17-18(24)21-15-11-13(8-9-14(15)20-17)19(25)22-10-4-7-16(22)12-5-2-1-3-6-12/h8-9,11-12,16H,1-7,10H2,(H,20,23)(H,21,24). The van der Waals surface area contributed by atoms with E-state index in [4.69, 9.17) is 0 Å². The number of likely N-dealkylation sites (tertiary alicyclic amines) is 1. The lowest BCUT2D eigenvalue weighted by Crippen LogP contribution is -2.40. The smallest absolute Gasteiger partial charge is 0.314 e. The maximum Gasteiger partial charge on any atom is 0.314 e. The Kier molecular flexibility index (Phi) is 4.19. The van der Waals surface area contributed by atoms with E-state index in [0.717, 1.165) is 19.4 Å². The van der Waals surface area contributed by atoms with Crippen LogP contribution in [0.25, 0.3) is 11.0 Å². The van der Waals surface area contributed by atoms with Crippen molar-refractivity contribution < 1.29 is 4.79 Å². The van der Waals surface area contributed by atoms with Crippen LogP contribution in [0.2, 0.25) is 0 Å². The van der Waals surface area contributed by atoms with Gasteiger partial charge in [0.15, 0.2) is 0 Å². The number of rotatable bonds is 2. The second-order valence-corrected chi connectivity index (χ2v) is 7.27. The van der Waals surface area contributed by atoms with E-state index >= 15 is 0 Å². The van der Waals surface area contributed by atoms with Gasteiger partial charge < -0.3 is 14.9 Å². The highest BCUT2D eigenvalue weighted by Gasteiger charge is 2.35. The average molecular weight is 341 g/mol. The number of H-pyrrole nitrogens is 2. The van der Waals surface area contributed by atoms with E-state index in [1.807, 2.05) is 4.90 Å². The van der Waals surface area contributed by atoms with Gasteiger partial charge in [0, 0.05) is 18.2 Å². The predicted molar refractivity (Wildman–Crippen MR) is 95.8 cm³/mol. The van der Waals surface area contributed by atoms with Crippen LogP contribution in [0.4, 0.5) is 0 Å². The summed E-state index contributed by atoms with van der Waals surface area (Å²) in [4.78, 5) is 43.1. The van der Waals surface area contributed by atoms with E-state index in [1.54, 1.807) is 18.2 Å². The molecule has 0 radical (unpaired) electrons. The monoisotopic (exact) mass is 341 g/mol. The molecule has 1 aliphatic heterocycles. The summed E-state index contributed by atoms with van der Waals surface area (Å²) in [5.41, 5.74) is 0.218. The normalized spacial score (nSPS) is 21.8. The highest BCUT2D eigenvalue weighted by Crippen LogP contribution is 2.35. The van der Waals surface area contributed by atoms with Crippen LogP contribution in [-0.4, -0.2) is 33.4 Å². The molecule has 1 amide bonds. The molecule has 6 nitrogen and oxygen atoms in total. The number of carbonyl (C=O) groups excluding carboxylic acids is 1. The molecule has 2 N–H and O–H groups in total. The van der Waals surface area contributed by atoms with E-state index < -0.39 is 11.1 Å². The molecule has 0 spiro atoms. The van der Waals surface area contributed by atoms with Gasteiger partial charge in [-0.05, 0) is 49.8 Å². The van der Waals surface area contributed by atoms with Gasteiger partial charge >= 0.3 is 11.1 Å². The number of hydrogen-bond donors (Lipinski definition) is 2. The van der Waals surface area contributed by atoms with E-state index in [-0.39, 0.29) is 5.91 Å². The molecule has 0 bridgehead atoms. The molecular formula is C19H23N3O3. The molecule has 1 unspecified atom stereocenters. The third-order valence-electron chi connectivity index (χ3n) is 5.72. The molecule has 1 saturated carbocycles. The number of benzene rings is 1. The second-order valence-electron chi connectivity index (χ2n) is 7.27. The van der Waals surface area contributed by atoms with Crippen LogP contribution in [0, 0.1) is 5.92 Å². The second kappa shape index (κ2) is 6.50. The predicted octanol–water partition coefficient (Wildman–Crippen LogP) is 2.40. The van der Waals surface area contributed by atoms with E-state index in [2.05, 4.69) is 9.97 Å². The number of aromatic nitrogens is 2. The van der Waals surface area contributed by atoms with Crippen LogP contribution in [0.3, 0.4) is 0 Å². The van der Waals surface area contributed by atoms with Gasteiger partial charge in [-0.25, -0.2) is 0 Å². The Hall–Kier alpha value is -2.37. The number of nitrogens with zero attached hydrogens (tertiary/aromatic N) is 1. The molecule has 6 heteroatoms. The molecule has 132 valence electrons. The minimum atomic E-state index is -0.696. The topological polar surface area (TPSA) is 86.0 Å². The van der Waals surface area contributed by atoms with Crippen molar-refractivity contribution >= 4 is 16.9 Å². The first kappa shape index (κ1) is 16.1. The fourth-order valence-corrected chi connectivity index (χ4v) is 4.47. The number of amides is 1. The van der Waals surface area contributed by atoms with Crippen molar-refractivity contribution in [2.75, 3.05) is 6.54 Å². The van der Waals surface area contributed by atoms with Gasteiger partial charge in [0.25, 0.3) is 5.91 Å². The van der Waals surface area contributed by atoms with Crippen LogP contribution in [0.1, 0.15) is 55.3 Å². The molecule has 1 saturated heterocycles. The Morgan fingerprint density at radius 1 is 0.920 bits per heavy atom. The molecule has 1 aliphatic carbocycles. The summed E-state index contributed by atoms with van der Waals surface area (Å²) in [6.45, 7) is 0.806. The summed E-state index contributed by atoms with van der Waals surface area (Å²) < 4.78 is 0. The molecule has 1 aromatic heterocycles. The molecule has 4 rings (SSSR count). The van der Waals surface area contributed by atoms with Crippen molar-refractivity contribution in [2.45, 2.75) is 51.0 Å². The van der Waals surface area contributed by atoms with Gasteiger partial charge in [0.2, 0.25) is 0 Å². The molecule has 2 aromatic rings. The molecule has 25 heavy (non-hydrogen) atoms. The molecular weight excluding hydrogens is 318 g/mol. The Bertz CT molecular complexity index is 908. The quantitative estimate of drug-likeness (QED) is 0.823. The molecule has 1 atom stereocenters. The minimum absolute atomic E-state index is 0.0297. The Balaban J connectivity index is 1.63. The Morgan fingerprint density at radius 3 is 2.40 bits per heavy atom. The van der Waals surface area contributed by atoms with Crippen LogP contribution in [0.15, 0.2) is 27.8 Å². The van der Waals surface area contributed by atoms with Gasteiger partial charge in [-0.1, -0.05) is 19.3 Å². The first-order chi connectivity index (χ1) is 12.1. The first-order valence-corrected chi connectivity index (χ1v) is 9.21. The summed E-state index contributed by atoms with van der Waals surface area (Å²) in [5, 5.41) is 0. The lowest BCUT2D eigenvalue weighted by molar-refractivity contribution is 0.0661. The van der Waals surface area contributed by atoms with Gasteiger partial charge in [0.05, 0.1) is 11.0 Å². The molecule has 2 heterocycles. The summed E-state index contributed by atoms with van der Waals surface area (Å²) >= 11 is 0. The lowest BCUT2D eigenvalue weighted by Gasteiger charge is -2.34. The minimum Gasteiger partial charge on any atom is -0.335 e. The van der Waals surface area contributed by atoms with Crippen molar-refractivity contribution in [3.05, 3.63) is 44.5 Å². The highest BCUT2D eigenvalue weighted by atomic mass is 16.2. The van der Waals surface area contributed by atoms with E-state index in [0.29, 0.717) is 28.6 Å². The summed E-state index contributed by atoms with van der Waals surface area (Å²) in [6.07, 6.45) is 8.45. The maximum absolute atomic E-state index is 13.1. The number of aromatic amines is 2. The van der Waals surface area contributed by atoms with Crippen molar-refractivity contribution in [3.8, 4) is 0 Å². The largest absolute Gasteiger partial charge is 0.335 e. The number of fused-ring (bicyclic) bond motifs is 1. The zero-order valence-electron chi connectivity index (χ0n) is 14.2. The number of hydrogen-bond acceptors (Lipinski definition) is 3. The third kappa shape index (κ3) is 3.01. The zero-order chi connectivity index (χ0) is 17.4. The molecule has 2 aliphatic rings. The van der Waals surface area contributed by atoms with Gasteiger partial charge in [-0.15, -0.1) is 0 Å². The van der Waals surface area contributed by atoms with Crippen molar-refractivity contribution in [3.63, 3.8) is 0 Å². The number of nitrogens with one attached hydrogen (secondary N) is 2. The zero-order valence-corrected chi connectivity index (χ0v) is 14.2. The SMILES string of the molecule is O=C(c1ccc2[nH]c(=O)c(=O)[nH]c2c1)N1CCCC1C1CCCCC1. The van der Waals surface area contributed by atoms with Crippen LogP contribution in [-0.2, 0) is 0 Å². The summed E-state index contributed by atoms with van der Waals surface area (Å²) in [5.74, 6) is 0.652. The maximum atomic E-state index is 13.1. The van der Waals surface area contributed by atoms with Gasteiger partial charge in [-0.3, -0.25) is 14.4 Å². The first-order valence-electron chi connectivity index (χ1n) is 9.21. The van der Waals surface area contributed by atoms with Crippen LogP contribution >= 0.6 is 0 Å². The summed E-state index contributed by atoms with van der Waals surface area (Å²) in [7, 11) is 0. The van der Waals surface area contributed by atoms with Gasteiger partial charge in [0.1, 0.15) is 0 Å². The average Bonchev–Trinajstić information content (AvgIpc) is 3.12.